The third-order valence-corrected chi connectivity index (χ3v) is 3.72. The van der Waals surface area contributed by atoms with Gasteiger partial charge in [0.1, 0.15) is 0 Å². The molecule has 2 aromatic heterocycles. The molecular formula is C12H15BrN4O2. The highest BCUT2D eigenvalue weighted by molar-refractivity contribution is 9.10. The van der Waals surface area contributed by atoms with E-state index in [1.165, 1.54) is 0 Å². The first-order valence-electron chi connectivity index (χ1n) is 6.28. The Morgan fingerprint density at radius 2 is 2.16 bits per heavy atom. The van der Waals surface area contributed by atoms with Crippen molar-refractivity contribution in [2.75, 3.05) is 26.2 Å². The molecule has 1 unspecified atom stereocenters. The van der Waals surface area contributed by atoms with Crippen LogP contribution < -0.4 is 5.32 Å². The summed E-state index contributed by atoms with van der Waals surface area (Å²) in [7, 11) is 0. The number of rotatable bonds is 3. The summed E-state index contributed by atoms with van der Waals surface area (Å²) < 4.78 is 11.3. The summed E-state index contributed by atoms with van der Waals surface area (Å²) in [5.41, 5.74) is 0. The van der Waals surface area contributed by atoms with Crippen LogP contribution in [-0.4, -0.2) is 41.2 Å². The number of nitrogens with zero attached hydrogens (tertiary/aromatic N) is 3. The molecule has 0 aromatic carbocycles. The number of aromatic nitrogens is 2. The Balaban J connectivity index is 1.76. The average Bonchev–Trinajstić information content (AvgIpc) is 3.07. The smallest absolute Gasteiger partial charge is 0.293 e. The highest BCUT2D eigenvalue weighted by Crippen LogP contribution is 2.25. The van der Waals surface area contributed by atoms with Gasteiger partial charge in [0.15, 0.2) is 16.3 Å². The van der Waals surface area contributed by atoms with Crippen LogP contribution in [-0.2, 0) is 0 Å². The zero-order chi connectivity index (χ0) is 13.2. The summed E-state index contributed by atoms with van der Waals surface area (Å²) in [6.07, 6.45) is 0. The average molecular weight is 327 g/mol. The number of piperazine rings is 1. The van der Waals surface area contributed by atoms with E-state index < -0.39 is 0 Å². The van der Waals surface area contributed by atoms with E-state index in [0.29, 0.717) is 22.1 Å². The summed E-state index contributed by atoms with van der Waals surface area (Å²) in [6.45, 7) is 6.09. The van der Waals surface area contributed by atoms with E-state index in [1.807, 2.05) is 0 Å². The van der Waals surface area contributed by atoms with E-state index in [2.05, 4.69) is 43.2 Å². The van der Waals surface area contributed by atoms with Crippen LogP contribution in [0, 0.1) is 0 Å². The minimum atomic E-state index is 0.151. The molecule has 2 aromatic rings. The first-order valence-corrected chi connectivity index (χ1v) is 7.07. The third-order valence-electron chi connectivity index (χ3n) is 3.30. The number of halogens is 1. The van der Waals surface area contributed by atoms with Gasteiger partial charge in [-0.05, 0) is 35.0 Å². The molecule has 0 saturated carbocycles. The third kappa shape index (κ3) is 2.72. The van der Waals surface area contributed by atoms with Gasteiger partial charge in [0.25, 0.3) is 5.89 Å². The predicted molar refractivity (Wildman–Crippen MR) is 72.6 cm³/mol. The number of hydrogen-bond donors (Lipinski definition) is 1. The molecule has 0 amide bonds. The quantitative estimate of drug-likeness (QED) is 0.931. The molecule has 1 fully saturated rings. The first-order chi connectivity index (χ1) is 9.24. The van der Waals surface area contributed by atoms with Gasteiger partial charge in [-0.1, -0.05) is 5.16 Å². The van der Waals surface area contributed by atoms with Gasteiger partial charge >= 0.3 is 0 Å². The van der Waals surface area contributed by atoms with Crippen LogP contribution in [0.3, 0.4) is 0 Å². The lowest BCUT2D eigenvalue weighted by atomic mass is 10.2. The zero-order valence-corrected chi connectivity index (χ0v) is 12.2. The SMILES string of the molecule is CC(c1noc(-c2ccc(Br)o2)n1)N1CCNCC1. The molecule has 0 spiro atoms. The van der Waals surface area contributed by atoms with Crippen molar-refractivity contribution in [1.29, 1.82) is 0 Å². The van der Waals surface area contributed by atoms with Crippen molar-refractivity contribution < 1.29 is 8.94 Å². The molecule has 6 nitrogen and oxygen atoms in total. The molecule has 102 valence electrons. The van der Waals surface area contributed by atoms with Crippen LogP contribution in [0.25, 0.3) is 11.7 Å². The molecular weight excluding hydrogens is 312 g/mol. The number of hydrogen-bond acceptors (Lipinski definition) is 6. The van der Waals surface area contributed by atoms with E-state index in [4.69, 9.17) is 8.94 Å². The van der Waals surface area contributed by atoms with Crippen LogP contribution in [0.4, 0.5) is 0 Å². The van der Waals surface area contributed by atoms with Gasteiger partial charge in [-0.3, -0.25) is 4.90 Å². The van der Waals surface area contributed by atoms with Gasteiger partial charge < -0.3 is 14.3 Å². The van der Waals surface area contributed by atoms with Gasteiger partial charge in [-0.25, -0.2) is 0 Å². The second-order valence-electron chi connectivity index (χ2n) is 4.52. The van der Waals surface area contributed by atoms with Crippen LogP contribution >= 0.6 is 15.9 Å². The number of furan rings is 1. The highest BCUT2D eigenvalue weighted by atomic mass is 79.9. The van der Waals surface area contributed by atoms with E-state index in [9.17, 15) is 0 Å². The molecule has 19 heavy (non-hydrogen) atoms. The van der Waals surface area contributed by atoms with Crippen molar-refractivity contribution >= 4 is 15.9 Å². The maximum absolute atomic E-state index is 5.40. The molecule has 7 heteroatoms. The largest absolute Gasteiger partial charge is 0.444 e. The second kappa shape index (κ2) is 5.44. The Labute approximate surface area is 119 Å². The van der Waals surface area contributed by atoms with Crippen molar-refractivity contribution in [3.05, 3.63) is 22.6 Å². The Morgan fingerprint density at radius 3 is 2.84 bits per heavy atom. The maximum atomic E-state index is 5.40. The van der Waals surface area contributed by atoms with Crippen LogP contribution in [0.5, 0.6) is 0 Å². The predicted octanol–water partition coefficient (Wildman–Crippen LogP) is 2.06. The molecule has 0 aliphatic carbocycles. The van der Waals surface area contributed by atoms with Gasteiger partial charge in [0.05, 0.1) is 6.04 Å². The molecule has 3 rings (SSSR count). The summed E-state index contributed by atoms with van der Waals surface area (Å²) in [4.78, 5) is 6.75. The van der Waals surface area contributed by atoms with Crippen LogP contribution in [0.2, 0.25) is 0 Å². The van der Waals surface area contributed by atoms with E-state index in [1.54, 1.807) is 12.1 Å². The molecule has 1 aliphatic rings. The van der Waals surface area contributed by atoms with Crippen molar-refractivity contribution in [2.24, 2.45) is 0 Å². The Kier molecular flexibility index (Phi) is 3.67. The molecule has 1 saturated heterocycles. The first kappa shape index (κ1) is 12.8. The molecule has 0 radical (unpaired) electrons. The van der Waals surface area contributed by atoms with Gasteiger partial charge in [-0.15, -0.1) is 0 Å². The molecule has 3 heterocycles. The fraction of sp³-hybridized carbons (Fsp3) is 0.500. The van der Waals surface area contributed by atoms with Crippen molar-refractivity contribution in [3.8, 4) is 11.7 Å². The lowest BCUT2D eigenvalue weighted by molar-refractivity contribution is 0.176. The minimum absolute atomic E-state index is 0.151. The van der Waals surface area contributed by atoms with Crippen molar-refractivity contribution in [1.82, 2.24) is 20.4 Å². The second-order valence-corrected chi connectivity index (χ2v) is 5.31. The van der Waals surface area contributed by atoms with Gasteiger partial charge in [0, 0.05) is 26.2 Å². The number of nitrogens with one attached hydrogen (secondary N) is 1. The lowest BCUT2D eigenvalue weighted by Crippen LogP contribution is -2.44. The van der Waals surface area contributed by atoms with E-state index >= 15 is 0 Å². The van der Waals surface area contributed by atoms with Crippen molar-refractivity contribution in [3.63, 3.8) is 0 Å². The topological polar surface area (TPSA) is 67.3 Å². The Morgan fingerprint density at radius 1 is 1.37 bits per heavy atom. The molecule has 0 bridgehead atoms. The minimum Gasteiger partial charge on any atom is -0.444 e. The summed E-state index contributed by atoms with van der Waals surface area (Å²) in [5, 5.41) is 7.38. The highest BCUT2D eigenvalue weighted by Gasteiger charge is 2.23. The summed E-state index contributed by atoms with van der Waals surface area (Å²) >= 11 is 3.26. The van der Waals surface area contributed by atoms with E-state index in [0.717, 1.165) is 26.2 Å². The van der Waals surface area contributed by atoms with Crippen LogP contribution in [0.15, 0.2) is 25.7 Å². The normalized spacial score (nSPS) is 18.6. The maximum Gasteiger partial charge on any atom is 0.293 e. The monoisotopic (exact) mass is 326 g/mol. The van der Waals surface area contributed by atoms with Gasteiger partial charge in [-0.2, -0.15) is 4.98 Å². The Hall–Kier alpha value is -1.18. The van der Waals surface area contributed by atoms with Crippen LogP contribution in [0.1, 0.15) is 18.8 Å². The summed E-state index contributed by atoms with van der Waals surface area (Å²) in [5.74, 6) is 1.70. The fourth-order valence-corrected chi connectivity index (χ4v) is 2.47. The molecule has 1 aliphatic heterocycles. The van der Waals surface area contributed by atoms with Gasteiger partial charge in [0.2, 0.25) is 0 Å². The Bertz CT molecular complexity index is 547. The zero-order valence-electron chi connectivity index (χ0n) is 10.6. The molecule has 1 N–H and O–H groups in total. The summed E-state index contributed by atoms with van der Waals surface area (Å²) in [6, 6.07) is 3.76. The lowest BCUT2D eigenvalue weighted by Gasteiger charge is -2.30. The fourth-order valence-electron chi connectivity index (χ4n) is 2.17. The molecule has 1 atom stereocenters. The van der Waals surface area contributed by atoms with E-state index in [-0.39, 0.29) is 6.04 Å². The van der Waals surface area contributed by atoms with Crippen molar-refractivity contribution in [2.45, 2.75) is 13.0 Å². The standard InChI is InChI=1S/C12H15BrN4O2/c1-8(17-6-4-14-5-7-17)11-15-12(19-16-11)9-2-3-10(13)18-9/h2-3,8,14H,4-7H2,1H3.